The van der Waals surface area contributed by atoms with Crippen LogP contribution in [0.15, 0.2) is 66.7 Å². The summed E-state index contributed by atoms with van der Waals surface area (Å²) < 4.78 is 14.1. The molecule has 5 rings (SSSR count). The predicted molar refractivity (Wildman–Crippen MR) is 133 cm³/mol. The molecule has 4 aromatic rings. The number of H-pyrrole nitrogens is 1. The summed E-state index contributed by atoms with van der Waals surface area (Å²) in [6.45, 7) is 1.94. The largest absolute Gasteiger partial charge is 0.364 e. The topological polar surface area (TPSA) is 81.3 Å². The molecule has 0 atom stereocenters. The van der Waals surface area contributed by atoms with E-state index in [1.165, 1.54) is 23.1 Å². The second-order valence-corrected chi connectivity index (χ2v) is 8.76. The highest BCUT2D eigenvalue weighted by Crippen LogP contribution is 2.23. The number of rotatable bonds is 5. The van der Waals surface area contributed by atoms with E-state index in [0.29, 0.717) is 38.3 Å². The maximum Gasteiger partial charge on any atom is 0.258 e. The number of carbonyl (C=O) groups is 2. The number of aromatic nitrogens is 2. The lowest BCUT2D eigenvalue weighted by molar-refractivity contribution is 0.0533. The Bertz CT molecular complexity index is 1360. The zero-order valence-corrected chi connectivity index (χ0v) is 19.6. The number of halogens is 2. The van der Waals surface area contributed by atoms with Crippen molar-refractivity contribution in [2.24, 2.45) is 0 Å². The van der Waals surface area contributed by atoms with Gasteiger partial charge in [-0.05, 0) is 42.0 Å². The van der Waals surface area contributed by atoms with Gasteiger partial charge in [-0.15, -0.1) is 0 Å². The quantitative estimate of drug-likeness (QED) is 0.428. The molecule has 1 saturated heterocycles. The smallest absolute Gasteiger partial charge is 0.258 e. The fourth-order valence-electron chi connectivity index (χ4n) is 4.20. The number of nitrogens with zero attached hydrogens (tertiary/aromatic N) is 3. The van der Waals surface area contributed by atoms with Gasteiger partial charge in [0, 0.05) is 43.7 Å². The van der Waals surface area contributed by atoms with Crippen LogP contribution in [0.3, 0.4) is 0 Å². The Labute approximate surface area is 206 Å². The average Bonchev–Trinajstić information content (AvgIpc) is 3.30. The van der Waals surface area contributed by atoms with Crippen LogP contribution in [0.25, 0.3) is 10.9 Å². The molecule has 35 heavy (non-hydrogen) atoms. The molecule has 1 aliphatic rings. The number of fused-ring (bicyclic) bond motifs is 1. The average molecular weight is 492 g/mol. The molecule has 0 saturated carbocycles. The minimum atomic E-state index is -0.643. The van der Waals surface area contributed by atoms with E-state index in [4.69, 9.17) is 11.6 Å². The summed E-state index contributed by atoms with van der Waals surface area (Å²) in [5.74, 6) is -0.415. The van der Waals surface area contributed by atoms with E-state index in [0.717, 1.165) is 22.3 Å². The van der Waals surface area contributed by atoms with Crippen LogP contribution in [0.5, 0.6) is 0 Å². The molecule has 1 fully saturated rings. The highest BCUT2D eigenvalue weighted by molar-refractivity contribution is 6.33. The van der Waals surface area contributed by atoms with Crippen molar-refractivity contribution >= 4 is 40.1 Å². The van der Waals surface area contributed by atoms with E-state index in [9.17, 15) is 14.0 Å². The predicted octanol–water partition coefficient (Wildman–Crippen LogP) is 4.57. The van der Waals surface area contributed by atoms with E-state index in [1.807, 2.05) is 36.4 Å². The van der Waals surface area contributed by atoms with Crippen molar-refractivity contribution in [3.63, 3.8) is 0 Å². The van der Waals surface area contributed by atoms with Gasteiger partial charge in [0.25, 0.3) is 11.8 Å². The molecule has 2 amide bonds. The maximum absolute atomic E-state index is 14.1. The molecule has 0 unspecified atom stereocenters. The standard InChI is InChI=1S/C26H23ClFN5O2/c27-20-5-3-6-21(28)23(20)26(35)33-14-12-32(13-15-33)25(34)18-10-8-17(9-11-18)16-29-24-19-4-1-2-7-22(19)30-31-24/h1-11H,12-16H2,(H2,29,30,31). The third-order valence-corrected chi connectivity index (χ3v) is 6.48. The number of benzene rings is 3. The number of para-hydroxylation sites is 1. The van der Waals surface area contributed by atoms with Gasteiger partial charge >= 0.3 is 0 Å². The Morgan fingerprint density at radius 2 is 1.60 bits per heavy atom. The lowest BCUT2D eigenvalue weighted by Gasteiger charge is -2.35. The Kier molecular flexibility index (Phi) is 6.37. The van der Waals surface area contributed by atoms with Crippen molar-refractivity contribution in [2.75, 3.05) is 31.5 Å². The zero-order valence-electron chi connectivity index (χ0n) is 18.8. The first-order valence-electron chi connectivity index (χ1n) is 11.3. The fourth-order valence-corrected chi connectivity index (χ4v) is 4.45. The first-order chi connectivity index (χ1) is 17.0. The van der Waals surface area contributed by atoms with Gasteiger partial charge < -0.3 is 15.1 Å². The maximum atomic E-state index is 14.1. The summed E-state index contributed by atoms with van der Waals surface area (Å²) in [5.41, 5.74) is 2.44. The van der Waals surface area contributed by atoms with Crippen LogP contribution in [0, 0.1) is 5.82 Å². The van der Waals surface area contributed by atoms with E-state index < -0.39 is 11.7 Å². The van der Waals surface area contributed by atoms with Crippen LogP contribution in [0.4, 0.5) is 10.2 Å². The van der Waals surface area contributed by atoms with Gasteiger partial charge in [0.05, 0.1) is 16.1 Å². The van der Waals surface area contributed by atoms with Gasteiger partial charge in [-0.3, -0.25) is 14.7 Å². The van der Waals surface area contributed by atoms with Crippen molar-refractivity contribution in [2.45, 2.75) is 6.54 Å². The van der Waals surface area contributed by atoms with Crippen molar-refractivity contribution < 1.29 is 14.0 Å². The molecule has 178 valence electrons. The molecular formula is C26H23ClFN5O2. The lowest BCUT2D eigenvalue weighted by Crippen LogP contribution is -2.50. The third-order valence-electron chi connectivity index (χ3n) is 6.16. The second-order valence-electron chi connectivity index (χ2n) is 8.35. The van der Waals surface area contributed by atoms with Gasteiger partial charge in [0.1, 0.15) is 5.82 Å². The molecule has 0 spiro atoms. The van der Waals surface area contributed by atoms with Crippen LogP contribution in [0.2, 0.25) is 5.02 Å². The summed E-state index contributed by atoms with van der Waals surface area (Å²) >= 11 is 6.03. The molecule has 3 aromatic carbocycles. The summed E-state index contributed by atoms with van der Waals surface area (Å²) in [7, 11) is 0. The number of anilines is 1. The molecule has 0 aliphatic carbocycles. The number of carbonyl (C=O) groups excluding carboxylic acids is 2. The van der Waals surface area contributed by atoms with Crippen molar-refractivity contribution in [1.82, 2.24) is 20.0 Å². The van der Waals surface area contributed by atoms with Gasteiger partial charge in [0.15, 0.2) is 5.82 Å². The highest BCUT2D eigenvalue weighted by atomic mass is 35.5. The van der Waals surface area contributed by atoms with Crippen molar-refractivity contribution in [3.8, 4) is 0 Å². The molecule has 7 nitrogen and oxygen atoms in total. The van der Waals surface area contributed by atoms with Crippen LogP contribution < -0.4 is 5.32 Å². The summed E-state index contributed by atoms with van der Waals surface area (Å²) in [6, 6.07) is 19.5. The number of piperazine rings is 1. The first-order valence-corrected chi connectivity index (χ1v) is 11.7. The SMILES string of the molecule is O=C(c1ccc(CNc2n[nH]c3ccccc23)cc1)N1CCN(C(=O)c2c(F)cccc2Cl)CC1. The molecule has 2 N–H and O–H groups in total. The Morgan fingerprint density at radius 3 is 2.31 bits per heavy atom. The zero-order chi connectivity index (χ0) is 24.4. The fraction of sp³-hybridized carbons (Fsp3) is 0.192. The molecule has 1 aromatic heterocycles. The molecule has 0 bridgehead atoms. The van der Waals surface area contributed by atoms with Crippen LogP contribution in [-0.4, -0.2) is 58.0 Å². The summed E-state index contributed by atoms with van der Waals surface area (Å²) in [4.78, 5) is 28.9. The minimum Gasteiger partial charge on any atom is -0.364 e. The van der Waals surface area contributed by atoms with Gasteiger partial charge in [-0.25, -0.2) is 4.39 Å². The number of aromatic amines is 1. The highest BCUT2D eigenvalue weighted by Gasteiger charge is 2.28. The number of hydrogen-bond donors (Lipinski definition) is 2. The van der Waals surface area contributed by atoms with E-state index in [-0.39, 0.29) is 16.5 Å². The Morgan fingerprint density at radius 1 is 0.914 bits per heavy atom. The van der Waals surface area contributed by atoms with Gasteiger partial charge in [-0.1, -0.05) is 41.9 Å². The van der Waals surface area contributed by atoms with E-state index >= 15 is 0 Å². The molecule has 0 radical (unpaired) electrons. The summed E-state index contributed by atoms with van der Waals surface area (Å²) in [6.07, 6.45) is 0. The van der Waals surface area contributed by atoms with Crippen LogP contribution in [0.1, 0.15) is 26.3 Å². The van der Waals surface area contributed by atoms with Gasteiger partial charge in [0.2, 0.25) is 0 Å². The first kappa shape index (κ1) is 22.9. The van der Waals surface area contributed by atoms with Crippen molar-refractivity contribution in [3.05, 3.63) is 94.3 Å². The Hall–Kier alpha value is -3.91. The van der Waals surface area contributed by atoms with E-state index in [1.54, 1.807) is 17.0 Å². The normalized spacial score (nSPS) is 13.8. The van der Waals surface area contributed by atoms with E-state index in [2.05, 4.69) is 15.5 Å². The molecule has 9 heteroatoms. The number of hydrogen-bond acceptors (Lipinski definition) is 4. The van der Waals surface area contributed by atoms with Crippen LogP contribution in [-0.2, 0) is 6.54 Å². The number of amides is 2. The van der Waals surface area contributed by atoms with Crippen LogP contribution >= 0.6 is 11.6 Å². The monoisotopic (exact) mass is 491 g/mol. The van der Waals surface area contributed by atoms with Crippen molar-refractivity contribution in [1.29, 1.82) is 0 Å². The lowest BCUT2D eigenvalue weighted by atomic mass is 10.1. The Balaban J connectivity index is 1.17. The second kappa shape index (κ2) is 9.76. The van der Waals surface area contributed by atoms with Gasteiger partial charge in [-0.2, -0.15) is 5.10 Å². The number of nitrogens with one attached hydrogen (secondary N) is 2. The summed E-state index contributed by atoms with van der Waals surface area (Å²) in [5, 5.41) is 11.7. The molecule has 2 heterocycles. The third kappa shape index (κ3) is 4.70. The molecule has 1 aliphatic heterocycles. The minimum absolute atomic E-state index is 0.0866. The molecular weight excluding hydrogens is 469 g/mol.